The summed E-state index contributed by atoms with van der Waals surface area (Å²) in [6.07, 6.45) is 5.56. The predicted molar refractivity (Wildman–Crippen MR) is 268 cm³/mol. The zero-order valence-corrected chi connectivity index (χ0v) is 39.9. The van der Waals surface area contributed by atoms with E-state index in [2.05, 4.69) is 36.2 Å². The van der Waals surface area contributed by atoms with Crippen LogP contribution < -0.4 is 66.3 Å². The molecule has 0 saturated heterocycles. The van der Waals surface area contributed by atoms with Gasteiger partial charge < -0.3 is 61.4 Å². The molecule has 23 heteroatoms. The lowest BCUT2D eigenvalue weighted by atomic mass is 9.98. The first kappa shape index (κ1) is 56.8. The van der Waals surface area contributed by atoms with Crippen molar-refractivity contribution in [3.63, 3.8) is 0 Å². The maximum atomic E-state index is 14.8. The molecule has 0 aliphatic carbocycles. The number of carbonyl (C=O) groups is 7. The van der Waals surface area contributed by atoms with Crippen molar-refractivity contribution >= 4 is 70.5 Å². The number of ketones is 1. The summed E-state index contributed by atoms with van der Waals surface area (Å²) < 4.78 is 14.1. The van der Waals surface area contributed by atoms with Crippen LogP contribution in [0.2, 0.25) is 0 Å². The highest BCUT2D eigenvalue weighted by molar-refractivity contribution is 6.10. The molecule has 3 aromatic carbocycles. The molecule has 0 fully saturated rings. The topological polar surface area (TPSA) is 390 Å². The number of carbonyl (C=O) groups excluding carboxylic acids is 7. The van der Waals surface area contributed by atoms with Crippen molar-refractivity contribution in [2.24, 2.45) is 61.0 Å². The molecule has 0 saturated carbocycles. The summed E-state index contributed by atoms with van der Waals surface area (Å²) in [5.41, 5.74) is 40.0. The van der Waals surface area contributed by atoms with Gasteiger partial charge in [0.05, 0.1) is 5.69 Å². The first-order valence-electron chi connectivity index (χ1n) is 22.5. The largest absolute Gasteiger partial charge is 0.370 e. The van der Waals surface area contributed by atoms with E-state index < -0.39 is 77.3 Å². The number of benzene rings is 3. The van der Waals surface area contributed by atoms with Crippen LogP contribution in [0.5, 0.6) is 0 Å². The van der Waals surface area contributed by atoms with E-state index in [1.165, 1.54) is 55.5 Å². The number of Topliss-reactive ketones (excluding diaryl/α,β-unsaturated/α-hetero) is 1. The van der Waals surface area contributed by atoms with E-state index in [0.29, 0.717) is 16.8 Å². The van der Waals surface area contributed by atoms with Gasteiger partial charge in [0, 0.05) is 44.1 Å². The fraction of sp³-hybridized carbons (Fsp3) is 0.375. The molecule has 380 valence electrons. The summed E-state index contributed by atoms with van der Waals surface area (Å²) in [7, 11) is 0. The summed E-state index contributed by atoms with van der Waals surface area (Å²) in [5, 5.41) is 10.8. The Balaban J connectivity index is 2.09. The van der Waals surface area contributed by atoms with Gasteiger partial charge in [0.25, 0.3) is 0 Å². The minimum absolute atomic E-state index is 0.0212. The molecular weight excluding hydrogens is 918 g/mol. The zero-order valence-electron chi connectivity index (χ0n) is 39.9. The molecule has 0 radical (unpaired) electrons. The van der Waals surface area contributed by atoms with E-state index >= 15 is 0 Å². The van der Waals surface area contributed by atoms with Crippen molar-refractivity contribution in [3.8, 4) is 12.3 Å². The molecule has 18 N–H and O–H groups in total. The number of primary amides is 1. The predicted octanol–water partition coefficient (Wildman–Crippen LogP) is -0.669. The van der Waals surface area contributed by atoms with Gasteiger partial charge in [0.2, 0.25) is 41.2 Å². The average Bonchev–Trinajstić information content (AvgIpc) is 3.30. The van der Waals surface area contributed by atoms with Crippen LogP contribution in [0.25, 0.3) is 0 Å². The van der Waals surface area contributed by atoms with Gasteiger partial charge in [-0.2, -0.15) is 0 Å². The minimum Gasteiger partial charge on any atom is -0.370 e. The fourth-order valence-corrected chi connectivity index (χ4v) is 7.26. The number of nitrogens with one attached hydrogen (secondary N) is 4. The second-order valence-corrected chi connectivity index (χ2v) is 16.8. The Kier molecular flexibility index (Phi) is 22.4. The molecule has 3 rings (SSSR count). The summed E-state index contributed by atoms with van der Waals surface area (Å²) in [5.74, 6) is -4.71. The molecule has 0 spiro atoms. The molecule has 3 aromatic rings. The molecule has 5 atom stereocenters. The lowest BCUT2D eigenvalue weighted by Crippen LogP contribution is -2.60. The Morgan fingerprint density at radius 2 is 1.15 bits per heavy atom. The Labute approximate surface area is 411 Å². The smallest absolute Gasteiger partial charge is 0.244 e. The third-order valence-corrected chi connectivity index (χ3v) is 10.6. The standard InChI is InChI=1S/C48H64FN15O7/c1-5-40(66)31-9-6-10-34(26-31)64(28(4)65)39(25-30-13-17-32(49)18-14-30)45(71)63-38(24-29-15-19-33(20-16-29)59-48(55)56)44(70)62-37(23-27(2)3)43(69)61-36(12-8-22-58-47(53)54)42(68)60-35(41(50)67)11-7-21-57-46(51)52/h1,6,9-10,13-20,26-27,35-39H,7-8,11-12,21-25H2,2-4H3,(H2,50,67)(H,60,68)(H,61,69)(H,62,70)(H,63,71)(H4,51,52,57)(H4,53,54,58)(H4,55,56,59)/t35-,36-,37-,38-,39-/m0/s1. The van der Waals surface area contributed by atoms with Gasteiger partial charge in [0.1, 0.15) is 36.0 Å². The van der Waals surface area contributed by atoms with E-state index in [1.54, 1.807) is 38.1 Å². The van der Waals surface area contributed by atoms with E-state index in [9.17, 15) is 38.0 Å². The Hall–Kier alpha value is -8.55. The van der Waals surface area contributed by atoms with Gasteiger partial charge >= 0.3 is 0 Å². The summed E-state index contributed by atoms with van der Waals surface area (Å²) in [6, 6.07) is 10.7. The van der Waals surface area contributed by atoms with E-state index in [4.69, 9.17) is 46.6 Å². The lowest BCUT2D eigenvalue weighted by molar-refractivity contribution is -0.135. The van der Waals surface area contributed by atoms with Crippen LogP contribution in [0.1, 0.15) is 74.4 Å². The van der Waals surface area contributed by atoms with Crippen LogP contribution in [-0.4, -0.2) is 102 Å². The highest BCUT2D eigenvalue weighted by Crippen LogP contribution is 2.23. The van der Waals surface area contributed by atoms with Crippen molar-refractivity contribution in [3.05, 3.63) is 95.3 Å². The summed E-state index contributed by atoms with van der Waals surface area (Å²) >= 11 is 0. The second-order valence-electron chi connectivity index (χ2n) is 16.8. The number of hydrogen-bond acceptors (Lipinski definition) is 10. The highest BCUT2D eigenvalue weighted by Gasteiger charge is 2.35. The molecule has 0 heterocycles. The molecule has 22 nitrogen and oxygen atoms in total. The van der Waals surface area contributed by atoms with Crippen molar-refractivity contribution in [1.82, 2.24) is 21.3 Å². The number of amides is 6. The van der Waals surface area contributed by atoms with Gasteiger partial charge in [0.15, 0.2) is 17.9 Å². The Morgan fingerprint density at radius 3 is 1.69 bits per heavy atom. The van der Waals surface area contributed by atoms with Gasteiger partial charge in [-0.05, 0) is 91.5 Å². The van der Waals surface area contributed by atoms with Crippen molar-refractivity contribution in [2.45, 2.75) is 95.9 Å². The Bertz CT molecular complexity index is 2480. The molecule has 0 aromatic heterocycles. The van der Waals surface area contributed by atoms with Crippen LogP contribution in [-0.2, 0) is 41.6 Å². The fourth-order valence-electron chi connectivity index (χ4n) is 7.26. The number of halogens is 1. The molecule has 6 amide bonds. The average molecular weight is 982 g/mol. The van der Waals surface area contributed by atoms with E-state index in [0.717, 1.165) is 4.90 Å². The maximum absolute atomic E-state index is 14.8. The molecule has 71 heavy (non-hydrogen) atoms. The quantitative estimate of drug-likeness (QED) is 0.0113. The number of rotatable bonds is 27. The lowest BCUT2D eigenvalue weighted by Gasteiger charge is -2.32. The molecule has 0 unspecified atom stereocenters. The number of guanidine groups is 3. The maximum Gasteiger partial charge on any atom is 0.244 e. The molecule has 0 aliphatic rings. The SMILES string of the molecule is C#CC(=O)c1cccc(N(C(C)=O)[C@@H](Cc2ccc(F)cc2)C(=O)N[C@@H](Cc2ccc(N=C(N)N)cc2)C(=O)N[C@@H](CC(C)C)C(=O)N[C@@H](CCCN=C(N)N)C(=O)N[C@@H](CCCN=C(N)N)C(N)=O)c1. The number of anilines is 1. The number of terminal acetylenes is 1. The van der Waals surface area contributed by atoms with Gasteiger partial charge in [-0.25, -0.2) is 9.38 Å². The normalized spacial score (nSPS) is 12.8. The first-order chi connectivity index (χ1) is 33.6. The van der Waals surface area contributed by atoms with E-state index in [-0.39, 0.29) is 93.1 Å². The second kappa shape index (κ2) is 28.1. The van der Waals surface area contributed by atoms with Crippen molar-refractivity contribution < 1.29 is 38.0 Å². The van der Waals surface area contributed by atoms with E-state index in [1.807, 2.05) is 5.92 Å². The van der Waals surface area contributed by atoms with Crippen LogP contribution in [0, 0.1) is 24.1 Å². The van der Waals surface area contributed by atoms with Crippen LogP contribution in [0.15, 0.2) is 87.8 Å². The van der Waals surface area contributed by atoms with Crippen molar-refractivity contribution in [1.29, 1.82) is 0 Å². The Morgan fingerprint density at radius 1 is 0.648 bits per heavy atom. The minimum atomic E-state index is -1.45. The number of nitrogens with zero attached hydrogens (tertiary/aromatic N) is 4. The number of hydrogen-bond donors (Lipinski definition) is 11. The molecular formula is C48H64FN15O7. The van der Waals surface area contributed by atoms with Crippen LogP contribution >= 0.6 is 0 Å². The molecule has 0 bridgehead atoms. The monoisotopic (exact) mass is 982 g/mol. The number of aliphatic imine (C=N–C) groups is 3. The summed E-state index contributed by atoms with van der Waals surface area (Å²) in [4.78, 5) is 109. The third-order valence-electron chi connectivity index (χ3n) is 10.6. The van der Waals surface area contributed by atoms with Gasteiger partial charge in [-0.1, -0.05) is 50.2 Å². The van der Waals surface area contributed by atoms with Crippen LogP contribution in [0.4, 0.5) is 15.8 Å². The third kappa shape index (κ3) is 19.5. The van der Waals surface area contributed by atoms with Gasteiger partial charge in [-0.15, -0.1) is 6.42 Å². The molecule has 0 aliphatic heterocycles. The van der Waals surface area contributed by atoms with Crippen LogP contribution in [0.3, 0.4) is 0 Å². The first-order valence-corrected chi connectivity index (χ1v) is 22.5. The summed E-state index contributed by atoms with van der Waals surface area (Å²) in [6.45, 7) is 5.03. The highest BCUT2D eigenvalue weighted by atomic mass is 19.1. The van der Waals surface area contributed by atoms with Gasteiger partial charge in [-0.3, -0.25) is 48.4 Å². The number of nitrogens with two attached hydrogens (primary N) is 7. The zero-order chi connectivity index (χ0) is 52.8. The van der Waals surface area contributed by atoms with Crippen molar-refractivity contribution in [2.75, 3.05) is 18.0 Å².